The Morgan fingerprint density at radius 2 is 2.06 bits per heavy atom. The SMILES string of the molecule is OCc1cn(CCOc2ccccc2)nn1. The molecule has 0 fully saturated rings. The highest BCUT2D eigenvalue weighted by Gasteiger charge is 1.98. The largest absolute Gasteiger partial charge is 0.492 e. The number of aliphatic hydroxyl groups is 1. The number of aliphatic hydroxyl groups excluding tert-OH is 1. The maximum absolute atomic E-state index is 8.81. The van der Waals surface area contributed by atoms with Crippen LogP contribution in [0.1, 0.15) is 5.69 Å². The van der Waals surface area contributed by atoms with Crippen LogP contribution in [0.2, 0.25) is 0 Å². The molecule has 0 saturated carbocycles. The molecule has 0 unspecified atom stereocenters. The van der Waals surface area contributed by atoms with Crippen LogP contribution in [0.15, 0.2) is 36.5 Å². The van der Waals surface area contributed by atoms with E-state index < -0.39 is 0 Å². The van der Waals surface area contributed by atoms with E-state index in [1.165, 1.54) is 0 Å². The van der Waals surface area contributed by atoms with E-state index >= 15 is 0 Å². The second-order valence-electron chi connectivity index (χ2n) is 3.29. The zero-order valence-electron chi connectivity index (χ0n) is 8.78. The third kappa shape index (κ3) is 2.80. The van der Waals surface area contributed by atoms with Gasteiger partial charge in [-0.05, 0) is 12.1 Å². The molecule has 0 radical (unpaired) electrons. The molecule has 0 saturated heterocycles. The Kier molecular flexibility index (Phi) is 3.50. The van der Waals surface area contributed by atoms with Gasteiger partial charge in [0.1, 0.15) is 18.1 Å². The lowest BCUT2D eigenvalue weighted by Gasteiger charge is -2.04. The Bertz CT molecular complexity index is 428. The molecule has 0 aliphatic carbocycles. The van der Waals surface area contributed by atoms with E-state index in [2.05, 4.69) is 10.3 Å². The molecule has 84 valence electrons. The number of aromatic nitrogens is 3. The summed E-state index contributed by atoms with van der Waals surface area (Å²) in [5.41, 5.74) is 0.569. The van der Waals surface area contributed by atoms with Crippen LogP contribution in [0, 0.1) is 0 Å². The molecule has 5 nitrogen and oxygen atoms in total. The van der Waals surface area contributed by atoms with Gasteiger partial charge in [0.25, 0.3) is 0 Å². The first kappa shape index (κ1) is 10.6. The quantitative estimate of drug-likeness (QED) is 0.809. The number of nitrogens with zero attached hydrogens (tertiary/aromatic N) is 3. The molecule has 0 aliphatic heterocycles. The van der Waals surface area contributed by atoms with Crippen molar-refractivity contribution in [1.82, 2.24) is 15.0 Å². The van der Waals surface area contributed by atoms with E-state index in [1.807, 2.05) is 30.3 Å². The van der Waals surface area contributed by atoms with Gasteiger partial charge in [0.05, 0.1) is 19.3 Å². The molecule has 1 heterocycles. The first-order valence-electron chi connectivity index (χ1n) is 5.06. The molecule has 16 heavy (non-hydrogen) atoms. The van der Waals surface area contributed by atoms with Gasteiger partial charge in [0.2, 0.25) is 0 Å². The molecular formula is C11H13N3O2. The summed E-state index contributed by atoms with van der Waals surface area (Å²) < 4.78 is 7.15. The average molecular weight is 219 g/mol. The summed E-state index contributed by atoms with van der Waals surface area (Å²) in [4.78, 5) is 0. The fourth-order valence-electron chi connectivity index (χ4n) is 1.29. The number of hydrogen-bond acceptors (Lipinski definition) is 4. The molecule has 2 rings (SSSR count). The second kappa shape index (κ2) is 5.27. The van der Waals surface area contributed by atoms with Gasteiger partial charge in [-0.3, -0.25) is 0 Å². The highest BCUT2D eigenvalue weighted by Crippen LogP contribution is 2.07. The molecule has 0 bridgehead atoms. The minimum atomic E-state index is -0.0838. The van der Waals surface area contributed by atoms with E-state index in [1.54, 1.807) is 10.9 Å². The Morgan fingerprint density at radius 1 is 1.25 bits per heavy atom. The molecule has 0 amide bonds. The van der Waals surface area contributed by atoms with Gasteiger partial charge in [-0.1, -0.05) is 23.4 Å². The summed E-state index contributed by atoms with van der Waals surface area (Å²) in [5.74, 6) is 0.838. The van der Waals surface area contributed by atoms with Gasteiger partial charge in [-0.2, -0.15) is 0 Å². The summed E-state index contributed by atoms with van der Waals surface area (Å²) in [5, 5.41) is 16.4. The maximum Gasteiger partial charge on any atom is 0.119 e. The summed E-state index contributed by atoms with van der Waals surface area (Å²) in [6, 6.07) is 9.60. The third-order valence-corrected chi connectivity index (χ3v) is 2.08. The smallest absolute Gasteiger partial charge is 0.119 e. The van der Waals surface area contributed by atoms with E-state index in [0.717, 1.165) is 5.75 Å². The highest BCUT2D eigenvalue weighted by molar-refractivity contribution is 5.20. The van der Waals surface area contributed by atoms with Crippen molar-refractivity contribution in [1.29, 1.82) is 0 Å². The number of benzene rings is 1. The fraction of sp³-hybridized carbons (Fsp3) is 0.273. The molecule has 0 atom stereocenters. The maximum atomic E-state index is 8.81. The molecular weight excluding hydrogens is 206 g/mol. The third-order valence-electron chi connectivity index (χ3n) is 2.08. The lowest BCUT2D eigenvalue weighted by molar-refractivity contribution is 0.276. The van der Waals surface area contributed by atoms with Crippen LogP contribution in [0.4, 0.5) is 0 Å². The van der Waals surface area contributed by atoms with Gasteiger partial charge in [0, 0.05) is 0 Å². The lowest BCUT2D eigenvalue weighted by Crippen LogP contribution is -2.08. The van der Waals surface area contributed by atoms with E-state index in [0.29, 0.717) is 18.8 Å². The standard InChI is InChI=1S/C11H13N3O2/c15-9-10-8-14(13-12-10)6-7-16-11-4-2-1-3-5-11/h1-5,8,15H,6-7,9H2. The van der Waals surface area contributed by atoms with Gasteiger partial charge in [-0.25, -0.2) is 4.68 Å². The van der Waals surface area contributed by atoms with E-state index in [-0.39, 0.29) is 6.61 Å². The molecule has 1 aromatic carbocycles. The summed E-state index contributed by atoms with van der Waals surface area (Å²) >= 11 is 0. The van der Waals surface area contributed by atoms with Crippen LogP contribution in [-0.4, -0.2) is 26.7 Å². The average Bonchev–Trinajstić information content (AvgIpc) is 2.78. The normalized spacial score (nSPS) is 10.3. The van der Waals surface area contributed by atoms with Crippen molar-refractivity contribution in [2.24, 2.45) is 0 Å². The van der Waals surface area contributed by atoms with Crippen molar-refractivity contribution >= 4 is 0 Å². The summed E-state index contributed by atoms with van der Waals surface area (Å²) in [7, 11) is 0. The van der Waals surface area contributed by atoms with Crippen molar-refractivity contribution in [3.63, 3.8) is 0 Å². The fourth-order valence-corrected chi connectivity index (χ4v) is 1.29. The summed E-state index contributed by atoms with van der Waals surface area (Å²) in [6.07, 6.45) is 1.70. The van der Waals surface area contributed by atoms with Crippen LogP contribution >= 0.6 is 0 Å². The number of ether oxygens (including phenoxy) is 1. The molecule has 0 spiro atoms. The molecule has 2 aromatic rings. The van der Waals surface area contributed by atoms with Crippen molar-refractivity contribution < 1.29 is 9.84 Å². The van der Waals surface area contributed by atoms with Crippen LogP contribution in [0.5, 0.6) is 5.75 Å². The van der Waals surface area contributed by atoms with E-state index in [4.69, 9.17) is 9.84 Å². The van der Waals surface area contributed by atoms with Gasteiger partial charge >= 0.3 is 0 Å². The Morgan fingerprint density at radius 3 is 2.75 bits per heavy atom. The molecule has 0 aliphatic rings. The van der Waals surface area contributed by atoms with Gasteiger partial charge in [-0.15, -0.1) is 5.10 Å². The number of rotatable bonds is 5. The van der Waals surface area contributed by atoms with Gasteiger partial charge < -0.3 is 9.84 Å². The second-order valence-corrected chi connectivity index (χ2v) is 3.29. The van der Waals surface area contributed by atoms with E-state index in [9.17, 15) is 0 Å². The van der Waals surface area contributed by atoms with Crippen LogP contribution in [0.25, 0.3) is 0 Å². The van der Waals surface area contributed by atoms with Crippen molar-refractivity contribution in [2.45, 2.75) is 13.2 Å². The first-order valence-corrected chi connectivity index (χ1v) is 5.06. The monoisotopic (exact) mass is 219 g/mol. The van der Waals surface area contributed by atoms with Crippen molar-refractivity contribution in [3.05, 3.63) is 42.2 Å². The predicted molar refractivity (Wildman–Crippen MR) is 57.9 cm³/mol. The zero-order valence-corrected chi connectivity index (χ0v) is 8.78. The minimum absolute atomic E-state index is 0.0838. The van der Waals surface area contributed by atoms with Crippen molar-refractivity contribution in [2.75, 3.05) is 6.61 Å². The zero-order chi connectivity index (χ0) is 11.2. The predicted octanol–water partition coefficient (Wildman–Crippen LogP) is 0.849. The van der Waals surface area contributed by atoms with Crippen LogP contribution < -0.4 is 4.74 Å². The number of hydrogen-bond donors (Lipinski definition) is 1. The molecule has 1 N–H and O–H groups in total. The minimum Gasteiger partial charge on any atom is -0.492 e. The number of para-hydroxylation sites is 1. The topological polar surface area (TPSA) is 60.2 Å². The highest BCUT2D eigenvalue weighted by atomic mass is 16.5. The summed E-state index contributed by atoms with van der Waals surface area (Å²) in [6.45, 7) is 1.06. The van der Waals surface area contributed by atoms with Gasteiger partial charge in [0.15, 0.2) is 0 Å². The molecule has 1 aromatic heterocycles. The Balaban J connectivity index is 1.80. The van der Waals surface area contributed by atoms with Crippen LogP contribution in [-0.2, 0) is 13.2 Å². The Labute approximate surface area is 93.3 Å². The van der Waals surface area contributed by atoms with Crippen LogP contribution in [0.3, 0.4) is 0 Å². The first-order chi connectivity index (χ1) is 7.88. The van der Waals surface area contributed by atoms with Crippen molar-refractivity contribution in [3.8, 4) is 5.75 Å². The lowest BCUT2D eigenvalue weighted by atomic mass is 10.3. The molecule has 5 heteroatoms. The Hall–Kier alpha value is -1.88.